The van der Waals surface area contributed by atoms with E-state index < -0.39 is 0 Å². The molecule has 0 atom stereocenters. The summed E-state index contributed by atoms with van der Waals surface area (Å²) >= 11 is 6.06. The number of piperazine rings is 1. The summed E-state index contributed by atoms with van der Waals surface area (Å²) in [6.45, 7) is 11.2. The molecule has 3 aromatic rings. The normalized spacial score (nSPS) is 17.6. The van der Waals surface area contributed by atoms with E-state index >= 15 is 0 Å². The zero-order valence-electron chi connectivity index (χ0n) is 26.0. The topological polar surface area (TPSA) is 67.4 Å². The molecule has 9 heteroatoms. The minimum absolute atomic E-state index is 0.00188. The lowest BCUT2D eigenvalue weighted by atomic mass is 10.1. The van der Waals surface area contributed by atoms with E-state index in [0.717, 1.165) is 55.1 Å². The molecule has 3 heterocycles. The SMILES string of the molecule is CC(C)N1CCN(Cc2ccc3c(c2)N(Cc2ccc(C(=O)N4CC=CC4)cc2)C(=O)CN(C(=O)c2ccc(Cl)cc2)C3)CC1. The zero-order chi connectivity index (χ0) is 31.5. The molecular weight excluding hydrogens is 586 g/mol. The van der Waals surface area contributed by atoms with Gasteiger partial charge in [0.05, 0.1) is 6.54 Å². The number of halogens is 1. The second kappa shape index (κ2) is 13.6. The smallest absolute Gasteiger partial charge is 0.254 e. The molecule has 3 amide bonds. The largest absolute Gasteiger partial charge is 0.331 e. The van der Waals surface area contributed by atoms with Gasteiger partial charge in [0.1, 0.15) is 6.54 Å². The molecule has 3 aliphatic rings. The van der Waals surface area contributed by atoms with E-state index in [9.17, 15) is 14.4 Å². The van der Waals surface area contributed by atoms with E-state index in [0.29, 0.717) is 48.4 Å². The van der Waals surface area contributed by atoms with Gasteiger partial charge in [0.15, 0.2) is 0 Å². The Morgan fingerprint density at radius 1 is 0.733 bits per heavy atom. The van der Waals surface area contributed by atoms with Crippen molar-refractivity contribution in [1.82, 2.24) is 19.6 Å². The van der Waals surface area contributed by atoms with E-state index in [1.165, 1.54) is 0 Å². The van der Waals surface area contributed by atoms with Crippen LogP contribution in [-0.4, -0.2) is 89.2 Å². The molecule has 0 N–H and O–H groups in total. The van der Waals surface area contributed by atoms with Crippen LogP contribution < -0.4 is 4.90 Å². The van der Waals surface area contributed by atoms with Crippen LogP contribution in [0.25, 0.3) is 0 Å². The van der Waals surface area contributed by atoms with Crippen molar-refractivity contribution in [3.05, 3.63) is 112 Å². The maximum absolute atomic E-state index is 14.0. The van der Waals surface area contributed by atoms with Gasteiger partial charge < -0.3 is 14.7 Å². The van der Waals surface area contributed by atoms with E-state index in [-0.39, 0.29) is 24.3 Å². The zero-order valence-corrected chi connectivity index (χ0v) is 26.7. The molecule has 1 saturated heterocycles. The maximum atomic E-state index is 14.0. The first-order valence-electron chi connectivity index (χ1n) is 15.7. The third-order valence-corrected chi connectivity index (χ3v) is 9.25. The summed E-state index contributed by atoms with van der Waals surface area (Å²) in [6, 6.07) is 21.1. The van der Waals surface area contributed by atoms with Crippen molar-refractivity contribution in [2.75, 3.05) is 50.7 Å². The minimum Gasteiger partial charge on any atom is -0.331 e. The lowest BCUT2D eigenvalue weighted by molar-refractivity contribution is -0.119. The van der Waals surface area contributed by atoms with Gasteiger partial charge in [-0.1, -0.05) is 48.0 Å². The van der Waals surface area contributed by atoms with Crippen LogP contribution in [0.2, 0.25) is 5.02 Å². The standard InChI is InChI=1S/C36H40ClN5O3/c1-26(2)39-19-17-38(18-20-39)22-28-7-10-31-24-41(36(45)30-11-13-32(37)14-12-30)25-34(43)42(33(31)21-28)23-27-5-8-29(9-6-27)35(44)40-15-3-4-16-40/h3-14,21,26H,15-20,22-25H2,1-2H3. The summed E-state index contributed by atoms with van der Waals surface area (Å²) < 4.78 is 0. The van der Waals surface area contributed by atoms with Gasteiger partial charge in [-0.05, 0) is 73.0 Å². The summed E-state index contributed by atoms with van der Waals surface area (Å²) in [5, 5.41) is 0.554. The third-order valence-electron chi connectivity index (χ3n) is 9.00. The van der Waals surface area contributed by atoms with Crippen LogP contribution in [0.15, 0.2) is 78.9 Å². The Kier molecular flexibility index (Phi) is 9.35. The number of carbonyl (C=O) groups excluding carboxylic acids is 3. The van der Waals surface area contributed by atoms with Gasteiger partial charge in [-0.3, -0.25) is 24.2 Å². The highest BCUT2D eigenvalue weighted by molar-refractivity contribution is 6.30. The van der Waals surface area contributed by atoms with Crippen LogP contribution in [0.3, 0.4) is 0 Å². The number of carbonyl (C=O) groups is 3. The average Bonchev–Trinajstić information content (AvgIpc) is 3.55. The van der Waals surface area contributed by atoms with Crippen LogP contribution in [0.5, 0.6) is 0 Å². The summed E-state index contributed by atoms with van der Waals surface area (Å²) in [4.78, 5) is 50.6. The number of benzene rings is 3. The van der Waals surface area contributed by atoms with Crippen LogP contribution in [0.1, 0.15) is 51.3 Å². The summed E-state index contributed by atoms with van der Waals surface area (Å²) in [7, 11) is 0. The van der Waals surface area contributed by atoms with E-state index in [1.807, 2.05) is 36.4 Å². The van der Waals surface area contributed by atoms with Gasteiger partial charge in [0.2, 0.25) is 5.91 Å². The van der Waals surface area contributed by atoms with Gasteiger partial charge in [-0.25, -0.2) is 0 Å². The first-order valence-corrected chi connectivity index (χ1v) is 16.1. The summed E-state index contributed by atoms with van der Waals surface area (Å²) in [5.41, 5.74) is 4.93. The highest BCUT2D eigenvalue weighted by Gasteiger charge is 2.30. The first-order chi connectivity index (χ1) is 21.7. The Labute approximate surface area is 270 Å². The van der Waals surface area contributed by atoms with Gasteiger partial charge in [0.25, 0.3) is 11.8 Å². The molecule has 6 rings (SSSR count). The predicted octanol–water partition coefficient (Wildman–Crippen LogP) is 5.07. The molecule has 45 heavy (non-hydrogen) atoms. The fourth-order valence-corrected chi connectivity index (χ4v) is 6.41. The molecule has 8 nitrogen and oxygen atoms in total. The molecule has 0 bridgehead atoms. The fraction of sp³-hybridized carbons (Fsp3) is 0.361. The molecule has 0 aliphatic carbocycles. The molecule has 1 fully saturated rings. The highest BCUT2D eigenvalue weighted by Crippen LogP contribution is 2.30. The monoisotopic (exact) mass is 625 g/mol. The van der Waals surface area contributed by atoms with E-state index in [2.05, 4.69) is 41.8 Å². The highest BCUT2D eigenvalue weighted by atomic mass is 35.5. The minimum atomic E-state index is -0.209. The van der Waals surface area contributed by atoms with Crippen molar-refractivity contribution >= 4 is 35.0 Å². The Morgan fingerprint density at radius 3 is 1.98 bits per heavy atom. The van der Waals surface area contributed by atoms with Gasteiger partial charge >= 0.3 is 0 Å². The van der Waals surface area contributed by atoms with Crippen molar-refractivity contribution in [3.63, 3.8) is 0 Å². The van der Waals surface area contributed by atoms with Crippen molar-refractivity contribution in [3.8, 4) is 0 Å². The number of rotatable bonds is 7. The molecule has 234 valence electrons. The third kappa shape index (κ3) is 7.14. The molecule has 3 aliphatic heterocycles. The average molecular weight is 626 g/mol. The molecule has 0 radical (unpaired) electrons. The van der Waals surface area contributed by atoms with E-state index in [4.69, 9.17) is 11.6 Å². The Balaban J connectivity index is 1.26. The second-order valence-corrected chi connectivity index (χ2v) is 12.8. The number of hydrogen-bond donors (Lipinski definition) is 0. The molecule has 0 unspecified atom stereocenters. The van der Waals surface area contributed by atoms with Gasteiger partial charge in [-0.2, -0.15) is 0 Å². The molecule has 0 spiro atoms. The van der Waals surface area contributed by atoms with Gasteiger partial charge in [0, 0.05) is 80.2 Å². The van der Waals surface area contributed by atoms with Crippen LogP contribution in [0, 0.1) is 0 Å². The van der Waals surface area contributed by atoms with Crippen LogP contribution >= 0.6 is 11.6 Å². The lowest BCUT2D eigenvalue weighted by Gasteiger charge is -2.37. The first kappa shape index (κ1) is 31.0. The maximum Gasteiger partial charge on any atom is 0.254 e. The van der Waals surface area contributed by atoms with Crippen molar-refractivity contribution in [1.29, 1.82) is 0 Å². The second-order valence-electron chi connectivity index (χ2n) is 12.4. The molecule has 0 aromatic heterocycles. The lowest BCUT2D eigenvalue weighted by Crippen LogP contribution is -2.48. The quantitative estimate of drug-likeness (QED) is 0.343. The molecule has 3 aromatic carbocycles. The van der Waals surface area contributed by atoms with Crippen molar-refractivity contribution < 1.29 is 14.4 Å². The fourth-order valence-electron chi connectivity index (χ4n) is 6.29. The Bertz CT molecular complexity index is 1570. The summed E-state index contributed by atoms with van der Waals surface area (Å²) in [6.07, 6.45) is 3.99. The van der Waals surface area contributed by atoms with E-state index in [1.54, 1.807) is 39.0 Å². The number of hydrogen-bond acceptors (Lipinski definition) is 5. The molecule has 0 saturated carbocycles. The Hall–Kier alpha value is -3.98. The summed E-state index contributed by atoms with van der Waals surface area (Å²) in [5.74, 6) is -0.362. The number of amides is 3. The van der Waals surface area contributed by atoms with Gasteiger partial charge in [-0.15, -0.1) is 0 Å². The number of fused-ring (bicyclic) bond motifs is 1. The van der Waals surface area contributed by atoms with Crippen LogP contribution in [-0.2, 0) is 24.4 Å². The van der Waals surface area contributed by atoms with Crippen molar-refractivity contribution in [2.45, 2.75) is 39.5 Å². The number of nitrogens with zero attached hydrogens (tertiary/aromatic N) is 5. The molecular formula is C36H40ClN5O3. The van der Waals surface area contributed by atoms with Crippen molar-refractivity contribution in [2.24, 2.45) is 0 Å². The number of anilines is 1. The Morgan fingerprint density at radius 2 is 1.33 bits per heavy atom. The van der Waals surface area contributed by atoms with Crippen LogP contribution in [0.4, 0.5) is 5.69 Å². The predicted molar refractivity (Wildman–Crippen MR) is 177 cm³/mol.